The Kier molecular flexibility index (Phi) is 4.13. The molecule has 0 bridgehead atoms. The zero-order chi connectivity index (χ0) is 17.2. The zero-order valence-electron chi connectivity index (χ0n) is 14.1. The minimum absolute atomic E-state index is 0.0806. The van der Waals surface area contributed by atoms with Crippen molar-refractivity contribution in [3.63, 3.8) is 0 Å². The van der Waals surface area contributed by atoms with Crippen LogP contribution in [0.1, 0.15) is 24.3 Å². The molecule has 1 saturated heterocycles. The lowest BCUT2D eigenvalue weighted by Gasteiger charge is -2.24. The van der Waals surface area contributed by atoms with Gasteiger partial charge in [-0.3, -0.25) is 9.48 Å². The van der Waals surface area contributed by atoms with Crippen molar-refractivity contribution in [3.8, 4) is 11.7 Å². The van der Waals surface area contributed by atoms with Crippen molar-refractivity contribution in [1.82, 2.24) is 19.7 Å². The van der Waals surface area contributed by atoms with Crippen LogP contribution < -0.4 is 0 Å². The molecule has 4 heterocycles. The Hall–Kier alpha value is -2.83. The van der Waals surface area contributed by atoms with E-state index in [1.807, 2.05) is 28.8 Å². The molecule has 3 aromatic heterocycles. The molecule has 3 aromatic rings. The maximum absolute atomic E-state index is 12.8. The van der Waals surface area contributed by atoms with E-state index >= 15 is 0 Å². The topological polar surface area (TPSA) is 77.3 Å². The Morgan fingerprint density at radius 1 is 1.40 bits per heavy atom. The second-order valence-corrected chi connectivity index (χ2v) is 6.29. The van der Waals surface area contributed by atoms with Gasteiger partial charge in [-0.25, -0.2) is 4.98 Å². The molecule has 1 atom stereocenters. The number of carbonyl (C=O) groups is 1. The van der Waals surface area contributed by atoms with Crippen molar-refractivity contribution < 1.29 is 13.6 Å². The summed E-state index contributed by atoms with van der Waals surface area (Å²) in [4.78, 5) is 19.2. The molecule has 0 radical (unpaired) electrons. The number of rotatable bonds is 5. The van der Waals surface area contributed by atoms with E-state index in [-0.39, 0.29) is 18.4 Å². The fourth-order valence-corrected chi connectivity index (χ4v) is 3.32. The summed E-state index contributed by atoms with van der Waals surface area (Å²) in [5.74, 6) is 1.72. The maximum atomic E-state index is 12.8. The average Bonchev–Trinajstić information content (AvgIpc) is 3.35. The normalized spacial score (nSPS) is 17.3. The van der Waals surface area contributed by atoms with Crippen LogP contribution in [0.4, 0.5) is 0 Å². The minimum atomic E-state index is 0.0806. The van der Waals surface area contributed by atoms with Gasteiger partial charge in [0.15, 0.2) is 5.76 Å². The number of carbonyl (C=O) groups excluding carboxylic acids is 1. The third-order valence-electron chi connectivity index (χ3n) is 4.60. The van der Waals surface area contributed by atoms with Gasteiger partial charge in [0.25, 0.3) is 5.89 Å². The van der Waals surface area contributed by atoms with Crippen molar-refractivity contribution in [1.29, 1.82) is 0 Å². The highest BCUT2D eigenvalue weighted by molar-refractivity contribution is 5.79. The molecule has 7 heteroatoms. The molecular weight excluding hydrogens is 320 g/mol. The van der Waals surface area contributed by atoms with Crippen LogP contribution >= 0.6 is 0 Å². The SMILES string of the molecule is Cc1oc(-c2ccco2)nc1CC(=O)N1CCC[C@@H]1Cn1cccn1. The first-order valence-electron chi connectivity index (χ1n) is 8.48. The molecule has 0 aliphatic carbocycles. The number of hydrogen-bond donors (Lipinski definition) is 0. The number of aromatic nitrogens is 3. The van der Waals surface area contributed by atoms with Crippen LogP contribution in [0.15, 0.2) is 45.7 Å². The highest BCUT2D eigenvalue weighted by atomic mass is 16.4. The van der Waals surface area contributed by atoms with Crippen LogP contribution in [-0.2, 0) is 17.8 Å². The van der Waals surface area contributed by atoms with Gasteiger partial charge in [-0.2, -0.15) is 5.10 Å². The first-order valence-corrected chi connectivity index (χ1v) is 8.48. The number of oxazole rings is 1. The monoisotopic (exact) mass is 340 g/mol. The molecule has 0 aromatic carbocycles. The summed E-state index contributed by atoms with van der Waals surface area (Å²) < 4.78 is 12.8. The number of likely N-dealkylation sites (tertiary alicyclic amines) is 1. The third-order valence-corrected chi connectivity index (χ3v) is 4.60. The Labute approximate surface area is 145 Å². The Morgan fingerprint density at radius 3 is 3.08 bits per heavy atom. The van der Waals surface area contributed by atoms with Crippen molar-refractivity contribution in [3.05, 3.63) is 48.3 Å². The number of aryl methyl sites for hydroxylation is 1. The van der Waals surface area contributed by atoms with Crippen molar-refractivity contribution in [2.24, 2.45) is 0 Å². The van der Waals surface area contributed by atoms with Gasteiger partial charge in [0.05, 0.1) is 31.0 Å². The molecule has 1 amide bonds. The van der Waals surface area contributed by atoms with Gasteiger partial charge in [0, 0.05) is 18.9 Å². The van der Waals surface area contributed by atoms with Crippen molar-refractivity contribution in [2.45, 2.75) is 38.8 Å². The van der Waals surface area contributed by atoms with Crippen LogP contribution in [0.5, 0.6) is 0 Å². The van der Waals surface area contributed by atoms with E-state index in [0.29, 0.717) is 23.1 Å². The highest BCUT2D eigenvalue weighted by Gasteiger charge is 2.30. The lowest BCUT2D eigenvalue weighted by atomic mass is 10.2. The van der Waals surface area contributed by atoms with Crippen LogP contribution in [0.3, 0.4) is 0 Å². The summed E-state index contributed by atoms with van der Waals surface area (Å²) >= 11 is 0. The number of nitrogens with zero attached hydrogens (tertiary/aromatic N) is 4. The predicted octanol–water partition coefficient (Wildman–Crippen LogP) is 2.67. The van der Waals surface area contributed by atoms with Crippen LogP contribution in [0, 0.1) is 6.92 Å². The minimum Gasteiger partial charge on any atom is -0.459 e. The maximum Gasteiger partial charge on any atom is 0.263 e. The molecule has 0 saturated carbocycles. The largest absolute Gasteiger partial charge is 0.459 e. The van der Waals surface area contributed by atoms with Gasteiger partial charge in [-0.05, 0) is 38.0 Å². The molecule has 4 rings (SSSR count). The van der Waals surface area contributed by atoms with Gasteiger partial charge < -0.3 is 13.7 Å². The fourth-order valence-electron chi connectivity index (χ4n) is 3.32. The first kappa shape index (κ1) is 15.7. The summed E-state index contributed by atoms with van der Waals surface area (Å²) in [5.41, 5.74) is 0.668. The molecule has 0 spiro atoms. The Bertz CT molecular complexity index is 836. The molecule has 0 unspecified atom stereocenters. The first-order chi connectivity index (χ1) is 12.2. The number of hydrogen-bond acceptors (Lipinski definition) is 5. The number of amides is 1. The van der Waals surface area contributed by atoms with Gasteiger partial charge in [-0.15, -0.1) is 0 Å². The second kappa shape index (κ2) is 6.58. The zero-order valence-corrected chi connectivity index (χ0v) is 14.1. The summed E-state index contributed by atoms with van der Waals surface area (Å²) in [6.07, 6.45) is 7.53. The third kappa shape index (κ3) is 3.22. The van der Waals surface area contributed by atoms with Gasteiger partial charge >= 0.3 is 0 Å². The molecule has 1 fully saturated rings. The lowest BCUT2D eigenvalue weighted by Crippen LogP contribution is -2.39. The molecule has 0 N–H and O–H groups in total. The van der Waals surface area contributed by atoms with E-state index in [2.05, 4.69) is 10.1 Å². The summed E-state index contributed by atoms with van der Waals surface area (Å²) in [5, 5.41) is 4.24. The summed E-state index contributed by atoms with van der Waals surface area (Å²) in [6, 6.07) is 5.65. The van der Waals surface area contributed by atoms with Gasteiger partial charge in [0.2, 0.25) is 5.91 Å². The van der Waals surface area contributed by atoms with E-state index in [9.17, 15) is 4.79 Å². The highest BCUT2D eigenvalue weighted by Crippen LogP contribution is 2.24. The molecule has 1 aliphatic rings. The smallest absolute Gasteiger partial charge is 0.263 e. The van der Waals surface area contributed by atoms with Crippen LogP contribution in [0.25, 0.3) is 11.7 Å². The number of furan rings is 1. The predicted molar refractivity (Wildman–Crippen MR) is 89.6 cm³/mol. The van der Waals surface area contributed by atoms with Crippen molar-refractivity contribution in [2.75, 3.05) is 6.54 Å². The van der Waals surface area contributed by atoms with Gasteiger partial charge in [-0.1, -0.05) is 0 Å². The Morgan fingerprint density at radius 2 is 2.32 bits per heavy atom. The van der Waals surface area contributed by atoms with E-state index in [0.717, 1.165) is 25.9 Å². The average molecular weight is 340 g/mol. The Balaban J connectivity index is 1.46. The quantitative estimate of drug-likeness (QED) is 0.713. The van der Waals surface area contributed by atoms with E-state index in [4.69, 9.17) is 8.83 Å². The molecule has 130 valence electrons. The van der Waals surface area contributed by atoms with Crippen LogP contribution in [-0.4, -0.2) is 38.2 Å². The fraction of sp³-hybridized carbons (Fsp3) is 0.389. The van der Waals surface area contributed by atoms with Crippen molar-refractivity contribution >= 4 is 5.91 Å². The van der Waals surface area contributed by atoms with E-state index < -0.39 is 0 Å². The standard InChI is InChI=1S/C18H20N4O3/c1-13-15(20-18(25-13)16-6-3-10-24-16)11-17(23)22-9-2-5-14(22)12-21-8-4-7-19-21/h3-4,6-8,10,14H,2,5,9,11-12H2,1H3/t14-/m1/s1. The second-order valence-electron chi connectivity index (χ2n) is 6.29. The lowest BCUT2D eigenvalue weighted by molar-refractivity contribution is -0.131. The van der Waals surface area contributed by atoms with E-state index in [1.165, 1.54) is 0 Å². The molecule has 1 aliphatic heterocycles. The van der Waals surface area contributed by atoms with Crippen LogP contribution in [0.2, 0.25) is 0 Å². The molecule has 7 nitrogen and oxygen atoms in total. The van der Waals surface area contributed by atoms with Gasteiger partial charge in [0.1, 0.15) is 5.76 Å². The summed E-state index contributed by atoms with van der Waals surface area (Å²) in [7, 11) is 0. The molecule has 25 heavy (non-hydrogen) atoms. The summed E-state index contributed by atoms with van der Waals surface area (Å²) in [6.45, 7) is 3.34. The molecular formula is C18H20N4O3. The van der Waals surface area contributed by atoms with E-state index in [1.54, 1.807) is 24.6 Å².